The van der Waals surface area contributed by atoms with E-state index in [9.17, 15) is 4.79 Å². The fourth-order valence-electron chi connectivity index (χ4n) is 2.44. The Morgan fingerprint density at radius 3 is 2.78 bits per heavy atom. The minimum absolute atomic E-state index is 0.335. The number of pyridine rings is 1. The number of aromatic nitrogens is 1. The van der Waals surface area contributed by atoms with Gasteiger partial charge >= 0.3 is 5.97 Å². The lowest BCUT2D eigenvalue weighted by Gasteiger charge is -2.09. The van der Waals surface area contributed by atoms with Crippen molar-refractivity contribution in [3.05, 3.63) is 84.0 Å². The van der Waals surface area contributed by atoms with Crippen molar-refractivity contribution in [1.82, 2.24) is 4.98 Å². The first-order chi connectivity index (χ1) is 11.7. The quantitative estimate of drug-likeness (QED) is 0.535. The van der Waals surface area contributed by atoms with Crippen LogP contribution >= 0.6 is 0 Å². The van der Waals surface area contributed by atoms with Crippen molar-refractivity contribution in [2.24, 2.45) is 0 Å². The largest absolute Gasteiger partial charge is 0.463 e. The van der Waals surface area contributed by atoms with E-state index in [0.717, 1.165) is 27.6 Å². The monoisotopic (exact) mass is 304 g/mol. The minimum Gasteiger partial charge on any atom is -0.463 e. The lowest BCUT2D eigenvalue weighted by Crippen LogP contribution is -2.02. The smallest absolute Gasteiger partial charge is 0.331 e. The van der Waals surface area contributed by atoms with Gasteiger partial charge in [0.2, 0.25) is 0 Å². The van der Waals surface area contributed by atoms with E-state index in [1.54, 1.807) is 13.0 Å². The Kier molecular flexibility index (Phi) is 4.10. The van der Waals surface area contributed by atoms with E-state index < -0.39 is 0 Å². The van der Waals surface area contributed by atoms with Gasteiger partial charge in [-0.05, 0) is 41.8 Å². The highest BCUT2D eigenvalue weighted by atomic mass is 16.5. The lowest BCUT2D eigenvalue weighted by molar-refractivity contribution is -0.137. The summed E-state index contributed by atoms with van der Waals surface area (Å²) in [6.07, 6.45) is 3.03. The number of fused-ring (bicyclic) bond motifs is 1. The average molecular weight is 304 g/mol. The third-order valence-corrected chi connectivity index (χ3v) is 3.49. The van der Waals surface area contributed by atoms with E-state index in [0.29, 0.717) is 12.6 Å². The highest BCUT2D eigenvalue weighted by Gasteiger charge is 2.09. The van der Waals surface area contributed by atoms with Crippen molar-refractivity contribution in [2.45, 2.75) is 6.92 Å². The van der Waals surface area contributed by atoms with Gasteiger partial charge in [0.05, 0.1) is 13.5 Å². The number of benzene rings is 2. The fraction of sp³-hybridized carbons (Fsp3) is 0.100. The third kappa shape index (κ3) is 3.46. The number of rotatable bonds is 4. The second-order valence-electron chi connectivity index (χ2n) is 5.02. The molecule has 0 aliphatic heterocycles. The molecule has 0 amide bonds. The zero-order valence-corrected chi connectivity index (χ0v) is 12.8. The zero-order chi connectivity index (χ0) is 16.9. The second kappa shape index (κ2) is 6.88. The van der Waals surface area contributed by atoms with E-state index in [-0.39, 0.29) is 5.97 Å². The van der Waals surface area contributed by atoms with Gasteiger partial charge in [-0.1, -0.05) is 42.5 Å². The summed E-state index contributed by atoms with van der Waals surface area (Å²) in [5.74, 6) is -0.371. The van der Waals surface area contributed by atoms with Crippen molar-refractivity contribution in [2.75, 3.05) is 6.61 Å². The number of nitrogens with zero attached hydrogens (tertiary/aromatic N) is 1. The van der Waals surface area contributed by atoms with Gasteiger partial charge in [0.25, 0.3) is 0 Å². The Morgan fingerprint density at radius 1 is 1.17 bits per heavy atom. The maximum absolute atomic E-state index is 12.0. The number of esters is 1. The van der Waals surface area contributed by atoms with Crippen LogP contribution in [0.1, 0.15) is 19.4 Å². The number of carbonyl (C=O) groups is 1. The third-order valence-electron chi connectivity index (χ3n) is 3.49. The molecule has 0 saturated heterocycles. The molecule has 0 atom stereocenters. The normalized spacial score (nSPS) is 12.0. The molecule has 0 N–H and O–H groups in total. The van der Waals surface area contributed by atoms with E-state index in [1.807, 2.05) is 48.5 Å². The fourth-order valence-corrected chi connectivity index (χ4v) is 2.44. The van der Waals surface area contributed by atoms with Gasteiger partial charge in [-0.3, -0.25) is 4.98 Å². The first kappa shape index (κ1) is 13.7. The van der Waals surface area contributed by atoms with Crippen LogP contribution in [0.4, 0.5) is 0 Å². The topological polar surface area (TPSA) is 39.2 Å². The van der Waals surface area contributed by atoms with Gasteiger partial charge in [-0.2, -0.15) is 0 Å². The predicted molar refractivity (Wildman–Crippen MR) is 91.9 cm³/mol. The molecule has 3 nitrogen and oxygen atoms in total. The van der Waals surface area contributed by atoms with Crippen molar-refractivity contribution >= 4 is 22.4 Å². The molecule has 0 aliphatic carbocycles. The second-order valence-corrected chi connectivity index (χ2v) is 5.02. The molecular weight excluding hydrogens is 286 g/mol. The minimum atomic E-state index is -0.371. The zero-order valence-electron chi connectivity index (χ0n) is 13.8. The molecule has 1 heterocycles. The molecule has 23 heavy (non-hydrogen) atoms. The maximum Gasteiger partial charge on any atom is 0.331 e. The van der Waals surface area contributed by atoms with Crippen molar-refractivity contribution < 1.29 is 10.9 Å². The molecule has 0 fully saturated rings. The molecule has 0 unspecified atom stereocenters. The van der Waals surface area contributed by atoms with Crippen LogP contribution in [-0.4, -0.2) is 17.6 Å². The maximum atomic E-state index is 12.0. The summed E-state index contributed by atoms with van der Waals surface area (Å²) in [4.78, 5) is 16.2. The van der Waals surface area contributed by atoms with Gasteiger partial charge in [0.15, 0.2) is 0 Å². The summed E-state index contributed by atoms with van der Waals surface area (Å²) in [6, 6.07) is 17.6. The van der Waals surface area contributed by atoms with Crippen molar-refractivity contribution in [3.8, 4) is 0 Å². The first-order valence-corrected chi connectivity index (χ1v) is 7.48. The number of hydrogen-bond acceptors (Lipinski definition) is 3. The molecule has 0 saturated carbocycles. The SMILES string of the molecule is [2H]c1cnc2ccc(C(=CC(=O)OCC)c3ccccc3)cc2c1. The summed E-state index contributed by atoms with van der Waals surface area (Å²) in [6.45, 7) is 2.12. The standard InChI is InChI=1S/C20H17NO2/c1-2-23-20(22)14-18(15-7-4-3-5-8-15)16-10-11-19-17(13-16)9-6-12-21-19/h3-14H,2H2,1H3/i6D. The van der Waals surface area contributed by atoms with Crippen LogP contribution in [0.5, 0.6) is 0 Å². The van der Waals surface area contributed by atoms with Crippen LogP contribution < -0.4 is 0 Å². The Balaban J connectivity index is 2.13. The number of ether oxygens (including phenoxy) is 1. The Hall–Kier alpha value is -2.94. The van der Waals surface area contributed by atoms with Crippen LogP contribution in [0.3, 0.4) is 0 Å². The van der Waals surface area contributed by atoms with Crippen molar-refractivity contribution in [1.29, 1.82) is 0 Å². The lowest BCUT2D eigenvalue weighted by atomic mass is 9.96. The average Bonchev–Trinajstić information content (AvgIpc) is 2.60. The number of carbonyl (C=O) groups excluding carboxylic acids is 1. The van der Waals surface area contributed by atoms with E-state index in [2.05, 4.69) is 4.98 Å². The summed E-state index contributed by atoms with van der Waals surface area (Å²) in [5, 5.41) is 0.866. The molecule has 114 valence electrons. The van der Waals surface area contributed by atoms with Gasteiger partial charge in [-0.25, -0.2) is 4.79 Å². The molecule has 0 spiro atoms. The Morgan fingerprint density at radius 2 is 2.00 bits per heavy atom. The van der Waals surface area contributed by atoms with Crippen LogP contribution in [0, 0.1) is 0 Å². The molecule has 1 aromatic heterocycles. The molecule has 0 bridgehead atoms. The van der Waals surface area contributed by atoms with Gasteiger partial charge < -0.3 is 4.74 Å². The molecule has 3 heteroatoms. The predicted octanol–water partition coefficient (Wildman–Crippen LogP) is 4.23. The summed E-state index contributed by atoms with van der Waals surface area (Å²) < 4.78 is 12.8. The van der Waals surface area contributed by atoms with Gasteiger partial charge in [-0.15, -0.1) is 0 Å². The Labute approximate surface area is 136 Å². The van der Waals surface area contributed by atoms with Crippen molar-refractivity contribution in [3.63, 3.8) is 0 Å². The number of hydrogen-bond donors (Lipinski definition) is 0. The molecular formula is C20H17NO2. The highest BCUT2D eigenvalue weighted by Crippen LogP contribution is 2.26. The molecule has 3 aromatic rings. The molecule has 3 rings (SSSR count). The first-order valence-electron chi connectivity index (χ1n) is 7.98. The van der Waals surface area contributed by atoms with Crippen LogP contribution in [0.25, 0.3) is 16.5 Å². The van der Waals surface area contributed by atoms with Crippen LogP contribution in [0.15, 0.2) is 72.9 Å². The van der Waals surface area contributed by atoms with E-state index in [1.165, 1.54) is 12.3 Å². The highest BCUT2D eigenvalue weighted by molar-refractivity contribution is 5.97. The summed E-state index contributed by atoms with van der Waals surface area (Å²) in [7, 11) is 0. The van der Waals surface area contributed by atoms with Crippen LogP contribution in [-0.2, 0) is 9.53 Å². The van der Waals surface area contributed by atoms with Gasteiger partial charge in [0, 0.05) is 17.7 Å². The molecule has 2 aromatic carbocycles. The van der Waals surface area contributed by atoms with E-state index in [4.69, 9.17) is 6.11 Å². The van der Waals surface area contributed by atoms with Crippen LogP contribution in [0.2, 0.25) is 0 Å². The van der Waals surface area contributed by atoms with Gasteiger partial charge in [0.1, 0.15) is 0 Å². The van der Waals surface area contributed by atoms with E-state index >= 15 is 0 Å². The molecule has 0 aliphatic rings. The summed E-state index contributed by atoms with van der Waals surface area (Å²) >= 11 is 0. The molecule has 0 radical (unpaired) electrons. The summed E-state index contributed by atoms with van der Waals surface area (Å²) in [5.41, 5.74) is 3.42. The Bertz CT molecular complexity index is 904.